The average molecular weight is 401 g/mol. The van der Waals surface area contributed by atoms with Crippen molar-refractivity contribution in [2.75, 3.05) is 6.61 Å². The highest BCUT2D eigenvalue weighted by Crippen LogP contribution is 2.26. The summed E-state index contributed by atoms with van der Waals surface area (Å²) in [5.74, 6) is -0.296. The Balaban J connectivity index is 1.76. The lowest BCUT2D eigenvalue weighted by molar-refractivity contribution is -0.281. The van der Waals surface area contributed by atoms with Crippen molar-refractivity contribution < 1.29 is 29.2 Å². The third kappa shape index (κ3) is 5.85. The first-order valence-corrected chi connectivity index (χ1v) is 9.61. The van der Waals surface area contributed by atoms with Crippen molar-refractivity contribution in [1.29, 1.82) is 0 Å². The van der Waals surface area contributed by atoms with Crippen LogP contribution < -0.4 is 5.32 Å². The maximum Gasteiger partial charge on any atom is 0.217 e. The van der Waals surface area contributed by atoms with Crippen LogP contribution in [0.2, 0.25) is 0 Å². The molecule has 3 rings (SSSR count). The first-order valence-electron chi connectivity index (χ1n) is 9.61. The third-order valence-electron chi connectivity index (χ3n) is 4.77. The number of nitrogens with one attached hydrogen (secondary N) is 1. The maximum atomic E-state index is 11.8. The van der Waals surface area contributed by atoms with Gasteiger partial charge in [-0.05, 0) is 11.1 Å². The summed E-state index contributed by atoms with van der Waals surface area (Å²) in [5, 5.41) is 23.1. The Morgan fingerprint density at radius 3 is 2.07 bits per heavy atom. The van der Waals surface area contributed by atoms with Crippen LogP contribution in [0.1, 0.15) is 18.1 Å². The fourth-order valence-electron chi connectivity index (χ4n) is 3.32. The van der Waals surface area contributed by atoms with E-state index in [4.69, 9.17) is 14.2 Å². The fraction of sp³-hybridized carbons (Fsp3) is 0.409. The van der Waals surface area contributed by atoms with Gasteiger partial charge in [0, 0.05) is 6.92 Å². The average Bonchev–Trinajstić information content (AvgIpc) is 2.74. The first-order chi connectivity index (χ1) is 14.1. The van der Waals surface area contributed by atoms with Gasteiger partial charge in [-0.15, -0.1) is 0 Å². The molecule has 0 bridgehead atoms. The number of carbonyl (C=O) groups is 1. The number of hydrogen-bond donors (Lipinski definition) is 3. The van der Waals surface area contributed by atoms with E-state index >= 15 is 0 Å². The molecule has 0 aliphatic carbocycles. The van der Waals surface area contributed by atoms with Gasteiger partial charge in [-0.1, -0.05) is 60.7 Å². The lowest BCUT2D eigenvalue weighted by Crippen LogP contribution is -2.65. The van der Waals surface area contributed by atoms with Crippen molar-refractivity contribution in [3.05, 3.63) is 71.8 Å². The second kappa shape index (κ2) is 10.5. The van der Waals surface area contributed by atoms with Gasteiger partial charge in [-0.25, -0.2) is 0 Å². The van der Waals surface area contributed by atoms with Crippen molar-refractivity contribution in [3.8, 4) is 0 Å². The summed E-state index contributed by atoms with van der Waals surface area (Å²) < 4.78 is 17.6. The van der Waals surface area contributed by atoms with Crippen LogP contribution in [0.15, 0.2) is 60.7 Å². The van der Waals surface area contributed by atoms with E-state index in [1.807, 2.05) is 60.7 Å². The molecule has 7 heteroatoms. The predicted molar refractivity (Wildman–Crippen MR) is 106 cm³/mol. The Morgan fingerprint density at radius 2 is 1.55 bits per heavy atom. The summed E-state index contributed by atoms with van der Waals surface area (Å²) in [4.78, 5) is 11.8. The van der Waals surface area contributed by atoms with Gasteiger partial charge in [-0.3, -0.25) is 4.79 Å². The number of rotatable bonds is 8. The van der Waals surface area contributed by atoms with E-state index in [9.17, 15) is 15.0 Å². The lowest BCUT2D eigenvalue weighted by Gasteiger charge is -2.44. The van der Waals surface area contributed by atoms with Gasteiger partial charge in [-0.2, -0.15) is 0 Å². The fourth-order valence-corrected chi connectivity index (χ4v) is 3.32. The highest BCUT2D eigenvalue weighted by atomic mass is 16.7. The third-order valence-corrected chi connectivity index (χ3v) is 4.77. The van der Waals surface area contributed by atoms with E-state index in [1.165, 1.54) is 6.92 Å². The Hall–Kier alpha value is -2.29. The molecule has 0 radical (unpaired) electrons. The summed E-state index contributed by atoms with van der Waals surface area (Å²) in [5.41, 5.74) is 1.86. The molecule has 0 aromatic heterocycles. The predicted octanol–water partition coefficient (Wildman–Crippen LogP) is 1.37. The Labute approximate surface area is 170 Å². The van der Waals surface area contributed by atoms with Gasteiger partial charge in [0.05, 0.1) is 19.8 Å². The topological polar surface area (TPSA) is 97.3 Å². The quantitative estimate of drug-likeness (QED) is 0.618. The number of hydrogen-bond acceptors (Lipinski definition) is 6. The summed E-state index contributed by atoms with van der Waals surface area (Å²) >= 11 is 0. The Kier molecular flexibility index (Phi) is 7.74. The minimum atomic E-state index is -1.13. The summed E-state index contributed by atoms with van der Waals surface area (Å²) in [7, 11) is 0. The number of carbonyl (C=O) groups excluding carboxylic acids is 1. The van der Waals surface area contributed by atoms with Crippen LogP contribution in [0.25, 0.3) is 0 Å². The van der Waals surface area contributed by atoms with E-state index in [-0.39, 0.29) is 19.1 Å². The molecule has 156 valence electrons. The highest BCUT2D eigenvalue weighted by Gasteiger charge is 2.46. The van der Waals surface area contributed by atoms with Gasteiger partial charge in [0.2, 0.25) is 5.91 Å². The van der Waals surface area contributed by atoms with Gasteiger partial charge in [0.15, 0.2) is 6.29 Å². The molecule has 5 atom stereocenters. The molecule has 0 unspecified atom stereocenters. The monoisotopic (exact) mass is 401 g/mol. The minimum absolute atomic E-state index is 0.238. The van der Waals surface area contributed by atoms with Crippen molar-refractivity contribution in [1.82, 2.24) is 5.32 Å². The van der Waals surface area contributed by atoms with Gasteiger partial charge < -0.3 is 29.7 Å². The summed E-state index contributed by atoms with van der Waals surface area (Å²) in [6, 6.07) is 18.3. The second-order valence-electron chi connectivity index (χ2n) is 7.00. The maximum absolute atomic E-state index is 11.8. The number of ether oxygens (including phenoxy) is 3. The zero-order chi connectivity index (χ0) is 20.6. The molecule has 3 N–H and O–H groups in total. The van der Waals surface area contributed by atoms with E-state index in [0.29, 0.717) is 0 Å². The molecule has 1 aliphatic heterocycles. The van der Waals surface area contributed by atoms with Gasteiger partial charge >= 0.3 is 0 Å². The molecule has 0 saturated carbocycles. The van der Waals surface area contributed by atoms with Crippen LogP contribution in [0.3, 0.4) is 0 Å². The standard InChI is InChI=1S/C22H27NO6/c1-15(25)23-19-21(27-13-16-8-4-2-5-9-16)20(26)18(12-24)29-22(19)28-14-17-10-6-3-7-11-17/h2-11,18-22,24,26H,12-14H2,1H3,(H,23,25)/t18-,19+,20-,21+,22-/m1/s1. The zero-order valence-electron chi connectivity index (χ0n) is 16.3. The van der Waals surface area contributed by atoms with Crippen molar-refractivity contribution >= 4 is 5.91 Å². The van der Waals surface area contributed by atoms with Gasteiger partial charge in [0.25, 0.3) is 0 Å². The van der Waals surface area contributed by atoms with Crippen LogP contribution in [-0.4, -0.2) is 53.4 Å². The second-order valence-corrected chi connectivity index (χ2v) is 7.00. The molecule has 1 amide bonds. The number of benzene rings is 2. The van der Waals surface area contributed by atoms with Crippen LogP contribution in [0.4, 0.5) is 0 Å². The molecule has 1 saturated heterocycles. The number of amides is 1. The van der Waals surface area contributed by atoms with Crippen LogP contribution >= 0.6 is 0 Å². The number of aliphatic hydroxyl groups is 2. The molecule has 0 spiro atoms. The highest BCUT2D eigenvalue weighted by molar-refractivity contribution is 5.73. The molecule has 2 aromatic carbocycles. The van der Waals surface area contributed by atoms with Crippen molar-refractivity contribution in [3.63, 3.8) is 0 Å². The van der Waals surface area contributed by atoms with Crippen LogP contribution in [-0.2, 0) is 32.2 Å². The molecule has 7 nitrogen and oxygen atoms in total. The molecule has 1 aliphatic rings. The smallest absolute Gasteiger partial charge is 0.217 e. The molecular formula is C22H27NO6. The summed E-state index contributed by atoms with van der Waals surface area (Å²) in [6.45, 7) is 1.47. The van der Waals surface area contributed by atoms with Crippen molar-refractivity contribution in [2.45, 2.75) is 50.8 Å². The normalized spacial score (nSPS) is 26.8. The summed E-state index contributed by atoms with van der Waals surface area (Å²) in [6.07, 6.45) is -3.72. The van der Waals surface area contributed by atoms with E-state index in [0.717, 1.165) is 11.1 Å². The molecule has 29 heavy (non-hydrogen) atoms. The SMILES string of the molecule is CC(=O)N[C@@H]1[C@H](OCc2ccccc2)O[C@H](CO)[C@@H](O)[C@H]1OCc1ccccc1. The molecule has 1 heterocycles. The lowest BCUT2D eigenvalue weighted by atomic mass is 9.96. The van der Waals surface area contributed by atoms with E-state index in [2.05, 4.69) is 5.32 Å². The van der Waals surface area contributed by atoms with E-state index < -0.39 is 37.3 Å². The van der Waals surface area contributed by atoms with Crippen LogP contribution in [0, 0.1) is 0 Å². The van der Waals surface area contributed by atoms with E-state index in [1.54, 1.807) is 0 Å². The van der Waals surface area contributed by atoms with Crippen LogP contribution in [0.5, 0.6) is 0 Å². The zero-order valence-corrected chi connectivity index (χ0v) is 16.3. The van der Waals surface area contributed by atoms with Crippen molar-refractivity contribution in [2.24, 2.45) is 0 Å². The Morgan fingerprint density at radius 1 is 1.00 bits per heavy atom. The molecular weight excluding hydrogens is 374 g/mol. The Bertz CT molecular complexity index is 756. The minimum Gasteiger partial charge on any atom is -0.394 e. The first kappa shape index (κ1) is 21.4. The number of aliphatic hydroxyl groups excluding tert-OH is 2. The molecule has 2 aromatic rings. The van der Waals surface area contributed by atoms with Gasteiger partial charge in [0.1, 0.15) is 24.4 Å². The largest absolute Gasteiger partial charge is 0.394 e. The molecule has 1 fully saturated rings.